The maximum Gasteiger partial charge on any atom is 0.350 e. The Morgan fingerprint density at radius 3 is 2.47 bits per heavy atom. The van der Waals surface area contributed by atoms with Crippen molar-refractivity contribution < 1.29 is 22.7 Å². The van der Waals surface area contributed by atoms with Gasteiger partial charge in [-0.3, -0.25) is 4.79 Å². The van der Waals surface area contributed by atoms with Crippen molar-refractivity contribution in [2.75, 3.05) is 25.5 Å². The van der Waals surface area contributed by atoms with Crippen molar-refractivity contribution in [2.45, 2.75) is 24.7 Å². The normalized spacial score (nSPS) is 16.7. The molecule has 1 amide bonds. The number of aryl methyl sites for hydroxylation is 1. The molecule has 1 aromatic heterocycles. The zero-order valence-electron chi connectivity index (χ0n) is 19.0. The molecule has 0 saturated carbocycles. The Balaban J connectivity index is 1.54. The molecule has 0 bridgehead atoms. The Hall–Kier alpha value is -3.01. The number of nitrogens with one attached hydrogen (secondary N) is 1. The number of methoxy groups -OCH3 is 1. The summed E-state index contributed by atoms with van der Waals surface area (Å²) in [6, 6.07) is 18.0. The highest BCUT2D eigenvalue weighted by Gasteiger charge is 2.34. The van der Waals surface area contributed by atoms with Crippen LogP contribution in [0.1, 0.15) is 28.1 Å². The van der Waals surface area contributed by atoms with E-state index in [1.54, 1.807) is 30.3 Å². The van der Waals surface area contributed by atoms with Crippen molar-refractivity contribution in [2.24, 2.45) is 5.92 Å². The second kappa shape index (κ2) is 10.1. The standard InChI is InChI=1S/C25H26N2O5S2/c1-17-10-12-20(13-11-17)34(30,31)27-14-6-9-19(16-27)24(28)26-21-15-22(18-7-4-3-5-8-18)33-23(21)25(29)32-2/h3-5,7-8,10-13,15,19H,6,9,14,16H2,1-2H3,(H,26,28). The highest BCUT2D eigenvalue weighted by Crippen LogP contribution is 2.36. The molecule has 2 heterocycles. The molecule has 7 nitrogen and oxygen atoms in total. The SMILES string of the molecule is COC(=O)c1sc(-c2ccccc2)cc1NC(=O)C1CCCN(S(=O)(=O)c2ccc(C)cc2)C1. The summed E-state index contributed by atoms with van der Waals surface area (Å²) in [6.07, 6.45) is 1.14. The first-order valence-electron chi connectivity index (χ1n) is 10.9. The molecule has 4 rings (SSSR count). The van der Waals surface area contributed by atoms with E-state index in [9.17, 15) is 18.0 Å². The Morgan fingerprint density at radius 1 is 1.09 bits per heavy atom. The Bertz CT molecular complexity index is 1280. The van der Waals surface area contributed by atoms with E-state index in [2.05, 4.69) is 5.32 Å². The van der Waals surface area contributed by atoms with Gasteiger partial charge in [-0.25, -0.2) is 13.2 Å². The van der Waals surface area contributed by atoms with Gasteiger partial charge in [-0.1, -0.05) is 48.0 Å². The van der Waals surface area contributed by atoms with Crippen molar-refractivity contribution in [3.63, 3.8) is 0 Å². The summed E-state index contributed by atoms with van der Waals surface area (Å²) < 4.78 is 32.5. The van der Waals surface area contributed by atoms with Crippen LogP contribution in [0.15, 0.2) is 65.6 Å². The summed E-state index contributed by atoms with van der Waals surface area (Å²) in [6.45, 7) is 2.35. The van der Waals surface area contributed by atoms with Crippen molar-refractivity contribution in [1.29, 1.82) is 0 Å². The fourth-order valence-electron chi connectivity index (χ4n) is 3.94. The number of rotatable bonds is 6. The number of benzene rings is 2. The van der Waals surface area contributed by atoms with Crippen LogP contribution in [0.25, 0.3) is 10.4 Å². The van der Waals surface area contributed by atoms with Crippen molar-refractivity contribution >= 4 is 38.9 Å². The van der Waals surface area contributed by atoms with Gasteiger partial charge in [0, 0.05) is 18.0 Å². The summed E-state index contributed by atoms with van der Waals surface area (Å²) in [4.78, 5) is 26.8. The van der Waals surface area contributed by atoms with Gasteiger partial charge in [0.2, 0.25) is 15.9 Å². The molecule has 1 atom stereocenters. The lowest BCUT2D eigenvalue weighted by atomic mass is 9.98. The quantitative estimate of drug-likeness (QED) is 0.504. The smallest absolute Gasteiger partial charge is 0.350 e. The highest BCUT2D eigenvalue weighted by atomic mass is 32.2. The molecule has 3 aromatic rings. The molecule has 1 aliphatic rings. The van der Waals surface area contributed by atoms with Gasteiger partial charge in [-0.05, 0) is 43.5 Å². The number of anilines is 1. The van der Waals surface area contributed by atoms with Gasteiger partial charge in [0.25, 0.3) is 0 Å². The highest BCUT2D eigenvalue weighted by molar-refractivity contribution is 7.89. The van der Waals surface area contributed by atoms with Crippen molar-refractivity contribution in [3.05, 3.63) is 71.1 Å². The zero-order valence-corrected chi connectivity index (χ0v) is 20.6. The average molecular weight is 499 g/mol. The lowest BCUT2D eigenvalue weighted by Crippen LogP contribution is -2.43. The first-order valence-corrected chi connectivity index (χ1v) is 13.2. The fraction of sp³-hybridized carbons (Fsp3) is 0.280. The maximum absolute atomic E-state index is 13.2. The minimum atomic E-state index is -3.69. The molecule has 1 unspecified atom stereocenters. The van der Waals surface area contributed by atoms with Gasteiger partial charge in [0.15, 0.2) is 0 Å². The monoisotopic (exact) mass is 498 g/mol. The molecule has 178 valence electrons. The summed E-state index contributed by atoms with van der Waals surface area (Å²) in [7, 11) is -2.40. The summed E-state index contributed by atoms with van der Waals surface area (Å²) >= 11 is 1.24. The Morgan fingerprint density at radius 2 is 1.79 bits per heavy atom. The number of carbonyl (C=O) groups excluding carboxylic acids is 2. The van der Waals surface area contributed by atoms with E-state index in [-0.39, 0.29) is 17.3 Å². The third-order valence-corrected chi connectivity index (χ3v) is 8.88. The van der Waals surface area contributed by atoms with Gasteiger partial charge in [-0.2, -0.15) is 4.31 Å². The number of ether oxygens (including phenoxy) is 1. The number of hydrogen-bond donors (Lipinski definition) is 1. The van der Waals surface area contributed by atoms with E-state index < -0.39 is 21.9 Å². The second-order valence-electron chi connectivity index (χ2n) is 8.22. The molecule has 9 heteroatoms. The number of hydrogen-bond acceptors (Lipinski definition) is 6. The number of piperidine rings is 1. The molecule has 1 fully saturated rings. The first-order chi connectivity index (χ1) is 16.3. The number of sulfonamides is 1. The minimum absolute atomic E-state index is 0.0886. The van der Waals surface area contributed by atoms with E-state index in [1.165, 1.54) is 22.8 Å². The number of esters is 1. The van der Waals surface area contributed by atoms with Gasteiger partial charge in [0.05, 0.1) is 23.6 Å². The van der Waals surface area contributed by atoms with Gasteiger partial charge in [-0.15, -0.1) is 11.3 Å². The van der Waals surface area contributed by atoms with E-state index in [0.717, 1.165) is 16.0 Å². The maximum atomic E-state index is 13.2. The molecule has 2 aromatic carbocycles. The zero-order chi connectivity index (χ0) is 24.3. The van der Waals surface area contributed by atoms with Gasteiger partial charge in [0.1, 0.15) is 4.88 Å². The summed E-state index contributed by atoms with van der Waals surface area (Å²) in [5.41, 5.74) is 2.27. The molecule has 0 spiro atoms. The fourth-order valence-corrected chi connectivity index (χ4v) is 6.50. The molecular formula is C25H26N2O5S2. The number of thiophene rings is 1. The largest absolute Gasteiger partial charge is 0.465 e. The van der Waals surface area contributed by atoms with E-state index in [0.29, 0.717) is 30.0 Å². The van der Waals surface area contributed by atoms with Gasteiger partial charge >= 0.3 is 5.97 Å². The molecule has 1 saturated heterocycles. The lowest BCUT2D eigenvalue weighted by Gasteiger charge is -2.31. The van der Waals surface area contributed by atoms with Crippen LogP contribution in [0.4, 0.5) is 5.69 Å². The third-order valence-electron chi connectivity index (χ3n) is 5.83. The molecule has 1 aliphatic heterocycles. The number of carbonyl (C=O) groups is 2. The van der Waals surface area contributed by atoms with E-state index in [1.807, 2.05) is 37.3 Å². The number of nitrogens with zero attached hydrogens (tertiary/aromatic N) is 1. The molecule has 34 heavy (non-hydrogen) atoms. The summed E-state index contributed by atoms with van der Waals surface area (Å²) in [5, 5.41) is 2.85. The van der Waals surface area contributed by atoms with Gasteiger partial charge < -0.3 is 10.1 Å². The molecule has 0 aliphatic carbocycles. The van der Waals surface area contributed by atoms with Crippen LogP contribution in [0.5, 0.6) is 0 Å². The Kier molecular flexibility index (Phi) is 7.16. The Labute approximate surface area is 203 Å². The topological polar surface area (TPSA) is 92.8 Å². The number of amides is 1. The molecular weight excluding hydrogens is 472 g/mol. The van der Waals surface area contributed by atoms with E-state index in [4.69, 9.17) is 4.74 Å². The first kappa shape index (κ1) is 24.1. The second-order valence-corrected chi connectivity index (χ2v) is 11.2. The third kappa shape index (κ3) is 5.06. The van der Waals surface area contributed by atoms with Crippen molar-refractivity contribution in [3.8, 4) is 10.4 Å². The molecule has 0 radical (unpaired) electrons. The van der Waals surface area contributed by atoms with Crippen LogP contribution in [-0.2, 0) is 19.6 Å². The van der Waals surface area contributed by atoms with Crippen LogP contribution in [0.2, 0.25) is 0 Å². The predicted octanol–water partition coefficient (Wildman–Crippen LogP) is 4.55. The lowest BCUT2D eigenvalue weighted by molar-refractivity contribution is -0.120. The van der Waals surface area contributed by atoms with Crippen molar-refractivity contribution in [1.82, 2.24) is 4.31 Å². The van der Waals surface area contributed by atoms with Crippen LogP contribution in [0.3, 0.4) is 0 Å². The van der Waals surface area contributed by atoms with Crippen LogP contribution in [-0.4, -0.2) is 44.8 Å². The van der Waals surface area contributed by atoms with Crippen LogP contribution < -0.4 is 5.32 Å². The minimum Gasteiger partial charge on any atom is -0.465 e. The predicted molar refractivity (Wildman–Crippen MR) is 132 cm³/mol. The average Bonchev–Trinajstić information content (AvgIpc) is 3.28. The van der Waals surface area contributed by atoms with E-state index >= 15 is 0 Å². The summed E-state index contributed by atoms with van der Waals surface area (Å²) in [5.74, 6) is -1.37. The molecule has 1 N–H and O–H groups in total. The van der Waals surface area contributed by atoms with Crippen LogP contribution in [0, 0.1) is 12.8 Å². The van der Waals surface area contributed by atoms with Crippen LogP contribution >= 0.6 is 11.3 Å².